The van der Waals surface area contributed by atoms with Crippen molar-refractivity contribution in [3.63, 3.8) is 0 Å². The molecule has 2 aromatic rings. The molecule has 0 radical (unpaired) electrons. The van der Waals surface area contributed by atoms with Gasteiger partial charge in [-0.1, -0.05) is 13.8 Å². The highest BCUT2D eigenvalue weighted by Gasteiger charge is 2.24. The summed E-state index contributed by atoms with van der Waals surface area (Å²) in [5, 5.41) is 19.0. The molecule has 3 rings (SSSR count). The first-order valence-electron chi connectivity index (χ1n) is 9.64. The lowest BCUT2D eigenvalue weighted by atomic mass is 10.0. The molecule has 1 aliphatic rings. The molecule has 8 nitrogen and oxygen atoms in total. The zero-order valence-electron chi connectivity index (χ0n) is 16.6. The van der Waals surface area contributed by atoms with Gasteiger partial charge >= 0.3 is 0 Å². The van der Waals surface area contributed by atoms with Gasteiger partial charge in [0.2, 0.25) is 5.91 Å². The van der Waals surface area contributed by atoms with Crippen LogP contribution < -0.4 is 5.32 Å². The Bertz CT molecular complexity index is 836. The van der Waals surface area contributed by atoms with Crippen LogP contribution in [0.25, 0.3) is 11.3 Å². The molecule has 0 aliphatic carbocycles. The van der Waals surface area contributed by atoms with Crippen molar-refractivity contribution < 1.29 is 9.72 Å². The predicted octanol–water partition coefficient (Wildman–Crippen LogP) is 2.73. The number of hydrogen-bond acceptors (Lipinski definition) is 5. The van der Waals surface area contributed by atoms with Gasteiger partial charge < -0.3 is 10.2 Å². The molecular weight excluding hydrogens is 358 g/mol. The van der Waals surface area contributed by atoms with E-state index < -0.39 is 4.92 Å². The fourth-order valence-corrected chi connectivity index (χ4v) is 3.57. The van der Waals surface area contributed by atoms with Gasteiger partial charge in [-0.05, 0) is 25.0 Å². The smallest absolute Gasteiger partial charge is 0.269 e. The number of rotatable bonds is 6. The summed E-state index contributed by atoms with van der Waals surface area (Å²) in [4.78, 5) is 24.5. The zero-order valence-corrected chi connectivity index (χ0v) is 16.6. The Morgan fingerprint density at radius 2 is 1.93 bits per heavy atom. The number of likely N-dealkylation sites (tertiary alicyclic amines) is 1. The van der Waals surface area contributed by atoms with Gasteiger partial charge in [0.05, 0.1) is 10.6 Å². The number of nitrogens with zero attached hydrogens (tertiary/aromatic N) is 4. The molecule has 0 saturated carbocycles. The van der Waals surface area contributed by atoms with Crippen LogP contribution in [0, 0.1) is 16.0 Å². The molecule has 1 amide bonds. The average Bonchev–Trinajstić information content (AvgIpc) is 3.06. The predicted molar refractivity (Wildman–Crippen MR) is 107 cm³/mol. The summed E-state index contributed by atoms with van der Waals surface area (Å²) < 4.78 is 1.76. The normalized spacial score (nSPS) is 15.2. The quantitative estimate of drug-likeness (QED) is 0.610. The maximum absolute atomic E-state index is 12.1. The number of benzene rings is 1. The van der Waals surface area contributed by atoms with Crippen LogP contribution in [0.3, 0.4) is 0 Å². The first-order valence-corrected chi connectivity index (χ1v) is 9.64. The second kappa shape index (κ2) is 8.52. The number of nitro benzene ring substituents is 1. The molecule has 1 N–H and O–H groups in total. The second-order valence-electron chi connectivity index (χ2n) is 7.62. The van der Waals surface area contributed by atoms with Gasteiger partial charge in [-0.25, -0.2) is 0 Å². The van der Waals surface area contributed by atoms with Crippen molar-refractivity contribution in [2.45, 2.75) is 39.3 Å². The molecule has 1 fully saturated rings. The standard InChI is InChI=1S/C20H27N5O3/c1-14(2)20(26)24-10-8-17(9-11-24)21-12-16-13-23(3)22-19(16)15-4-6-18(7-5-15)25(27)28/h4-7,13-14,17,21H,8-12H2,1-3H3. The fraction of sp³-hybridized carbons (Fsp3) is 0.500. The maximum atomic E-state index is 12.1. The number of hydrogen-bond donors (Lipinski definition) is 1. The van der Waals surface area contributed by atoms with Gasteiger partial charge in [0, 0.05) is 68.1 Å². The molecule has 1 aromatic heterocycles. The Morgan fingerprint density at radius 1 is 1.29 bits per heavy atom. The molecule has 28 heavy (non-hydrogen) atoms. The van der Waals surface area contributed by atoms with Crippen molar-refractivity contribution in [2.75, 3.05) is 13.1 Å². The van der Waals surface area contributed by atoms with Crippen molar-refractivity contribution in [3.05, 3.63) is 46.1 Å². The molecule has 1 aliphatic heterocycles. The van der Waals surface area contributed by atoms with E-state index in [0.29, 0.717) is 12.6 Å². The molecule has 0 bridgehead atoms. The highest BCUT2D eigenvalue weighted by molar-refractivity contribution is 5.78. The number of nitro groups is 1. The van der Waals surface area contributed by atoms with Crippen LogP contribution in [-0.4, -0.2) is 44.6 Å². The van der Waals surface area contributed by atoms with E-state index in [9.17, 15) is 14.9 Å². The minimum atomic E-state index is -0.402. The maximum Gasteiger partial charge on any atom is 0.269 e. The molecular formula is C20H27N5O3. The van der Waals surface area contributed by atoms with Gasteiger partial charge in [0.25, 0.3) is 5.69 Å². The number of aryl methyl sites for hydroxylation is 1. The number of carbonyl (C=O) groups is 1. The van der Waals surface area contributed by atoms with Crippen LogP contribution in [0.15, 0.2) is 30.5 Å². The minimum absolute atomic E-state index is 0.0455. The van der Waals surface area contributed by atoms with Crippen molar-refractivity contribution in [2.24, 2.45) is 13.0 Å². The molecule has 150 valence electrons. The fourth-order valence-electron chi connectivity index (χ4n) is 3.57. The summed E-state index contributed by atoms with van der Waals surface area (Å²) >= 11 is 0. The van der Waals surface area contributed by atoms with E-state index in [1.165, 1.54) is 12.1 Å². The third kappa shape index (κ3) is 4.56. The number of carbonyl (C=O) groups excluding carboxylic acids is 1. The van der Waals surface area contributed by atoms with Gasteiger partial charge in [-0.15, -0.1) is 0 Å². The van der Waals surface area contributed by atoms with Crippen LogP contribution in [0.5, 0.6) is 0 Å². The van der Waals surface area contributed by atoms with Crippen LogP contribution in [-0.2, 0) is 18.4 Å². The molecule has 1 aromatic carbocycles. The Labute approximate surface area is 164 Å². The topological polar surface area (TPSA) is 93.3 Å². The lowest BCUT2D eigenvalue weighted by Gasteiger charge is -2.33. The molecule has 0 unspecified atom stereocenters. The van der Waals surface area contributed by atoms with Gasteiger partial charge in [-0.2, -0.15) is 5.10 Å². The van der Waals surface area contributed by atoms with Crippen molar-refractivity contribution >= 4 is 11.6 Å². The second-order valence-corrected chi connectivity index (χ2v) is 7.62. The SMILES string of the molecule is CC(C)C(=O)N1CCC(NCc2cn(C)nc2-c2ccc([N+](=O)[O-])cc2)CC1. The van der Waals surface area contributed by atoms with E-state index in [-0.39, 0.29) is 17.5 Å². The summed E-state index contributed by atoms with van der Waals surface area (Å²) in [6.45, 7) is 6.13. The Kier molecular flexibility index (Phi) is 6.08. The number of amides is 1. The average molecular weight is 385 g/mol. The van der Waals surface area contributed by atoms with Crippen LogP contribution >= 0.6 is 0 Å². The van der Waals surface area contributed by atoms with Crippen molar-refractivity contribution in [3.8, 4) is 11.3 Å². The van der Waals surface area contributed by atoms with E-state index in [0.717, 1.165) is 42.8 Å². The minimum Gasteiger partial charge on any atom is -0.342 e. The number of aromatic nitrogens is 2. The summed E-state index contributed by atoms with van der Waals surface area (Å²) in [5.74, 6) is 0.273. The first kappa shape index (κ1) is 20.0. The van der Waals surface area contributed by atoms with E-state index in [2.05, 4.69) is 10.4 Å². The number of piperidine rings is 1. The van der Waals surface area contributed by atoms with Crippen LogP contribution in [0.1, 0.15) is 32.3 Å². The zero-order chi connectivity index (χ0) is 20.3. The molecule has 0 spiro atoms. The lowest BCUT2D eigenvalue weighted by molar-refractivity contribution is -0.384. The highest BCUT2D eigenvalue weighted by Crippen LogP contribution is 2.25. The van der Waals surface area contributed by atoms with Crippen molar-refractivity contribution in [1.29, 1.82) is 0 Å². The number of non-ortho nitro benzene ring substituents is 1. The van der Waals surface area contributed by atoms with Crippen LogP contribution in [0.4, 0.5) is 5.69 Å². The largest absolute Gasteiger partial charge is 0.342 e. The third-order valence-corrected chi connectivity index (χ3v) is 5.14. The molecule has 0 atom stereocenters. The van der Waals surface area contributed by atoms with E-state index in [4.69, 9.17) is 0 Å². The monoisotopic (exact) mass is 385 g/mol. The van der Waals surface area contributed by atoms with Gasteiger partial charge in [0.15, 0.2) is 0 Å². The summed E-state index contributed by atoms with van der Waals surface area (Å²) in [5.41, 5.74) is 2.82. The van der Waals surface area contributed by atoms with E-state index in [1.807, 2.05) is 32.0 Å². The highest BCUT2D eigenvalue weighted by atomic mass is 16.6. The molecule has 2 heterocycles. The third-order valence-electron chi connectivity index (χ3n) is 5.14. The van der Waals surface area contributed by atoms with E-state index >= 15 is 0 Å². The van der Waals surface area contributed by atoms with Gasteiger partial charge in [0.1, 0.15) is 0 Å². The molecule has 1 saturated heterocycles. The Hall–Kier alpha value is -2.74. The number of nitrogens with one attached hydrogen (secondary N) is 1. The molecule has 8 heteroatoms. The lowest BCUT2D eigenvalue weighted by Crippen LogP contribution is -2.45. The van der Waals surface area contributed by atoms with Gasteiger partial charge in [-0.3, -0.25) is 19.6 Å². The first-order chi connectivity index (χ1) is 13.3. The Morgan fingerprint density at radius 3 is 2.50 bits per heavy atom. The van der Waals surface area contributed by atoms with E-state index in [1.54, 1.807) is 16.8 Å². The van der Waals surface area contributed by atoms with Crippen molar-refractivity contribution in [1.82, 2.24) is 20.0 Å². The summed E-state index contributed by atoms with van der Waals surface area (Å²) in [7, 11) is 1.87. The summed E-state index contributed by atoms with van der Waals surface area (Å²) in [6, 6.07) is 6.84. The summed E-state index contributed by atoms with van der Waals surface area (Å²) in [6.07, 6.45) is 3.85. The Balaban J connectivity index is 1.62. The van der Waals surface area contributed by atoms with Crippen LogP contribution in [0.2, 0.25) is 0 Å².